The summed E-state index contributed by atoms with van der Waals surface area (Å²) in [6, 6.07) is 13.5. The lowest BCUT2D eigenvalue weighted by Gasteiger charge is -2.55. The number of nitrogens with one attached hydrogen (secondary N) is 2. The Bertz CT molecular complexity index is 2320. The van der Waals surface area contributed by atoms with E-state index in [-0.39, 0.29) is 24.7 Å². The van der Waals surface area contributed by atoms with Crippen molar-refractivity contribution in [3.8, 4) is 6.07 Å². The van der Waals surface area contributed by atoms with Gasteiger partial charge in [0.2, 0.25) is 17.7 Å². The standard InChI is InChI=1S/C45H48F3N9O5/c46-45(47,48)36-22-32(2-1-30(36)23-49)54-17-11-29(12-18-54)40(59)51-38-7-4-33(24-50-38)55-15-9-28(10-16-55)25-53-26-44(27-53)13-19-56(20-14-44)31-3-5-34-35(21-31)43(62)57(42(34)61)37-6-8-39(58)52-41(37)60/h1-5,7,21-22,24,28-29,37H,6,8-20,25-27H2,(H,50,51,59)(H,52,58,60). The molecule has 1 atom stereocenters. The smallest absolute Gasteiger partial charge is 0.371 e. The van der Waals surface area contributed by atoms with Crippen LogP contribution >= 0.6 is 0 Å². The first-order chi connectivity index (χ1) is 29.8. The Hall–Kier alpha value is -6.02. The number of anilines is 4. The third-order valence-electron chi connectivity index (χ3n) is 13.9. The van der Waals surface area contributed by atoms with Gasteiger partial charge < -0.3 is 24.9 Å². The average molecular weight is 852 g/mol. The quantitative estimate of drug-likeness (QED) is 0.292. The molecular weight excluding hydrogens is 804 g/mol. The first-order valence-electron chi connectivity index (χ1n) is 21.5. The molecule has 0 saturated carbocycles. The molecule has 62 heavy (non-hydrogen) atoms. The number of fused-ring (bicyclic) bond motifs is 1. The monoisotopic (exact) mass is 851 g/mol. The highest BCUT2D eigenvalue weighted by molar-refractivity contribution is 6.23. The zero-order chi connectivity index (χ0) is 43.3. The molecule has 6 aliphatic rings. The maximum atomic E-state index is 13.5. The number of carbonyl (C=O) groups is 5. The number of amides is 5. The van der Waals surface area contributed by atoms with E-state index in [2.05, 4.69) is 30.3 Å². The van der Waals surface area contributed by atoms with Crippen molar-refractivity contribution in [1.29, 1.82) is 5.26 Å². The molecule has 1 unspecified atom stereocenters. The first kappa shape index (κ1) is 41.3. The number of aromatic nitrogens is 1. The Morgan fingerprint density at radius 1 is 0.806 bits per heavy atom. The number of carbonyl (C=O) groups excluding carboxylic acids is 5. The second kappa shape index (κ2) is 16.4. The van der Waals surface area contributed by atoms with Gasteiger partial charge in [0, 0.05) is 82.6 Å². The van der Waals surface area contributed by atoms with E-state index in [9.17, 15) is 37.1 Å². The summed E-state index contributed by atoms with van der Waals surface area (Å²) in [6.07, 6.45) is 2.61. The Morgan fingerprint density at radius 2 is 1.44 bits per heavy atom. The average Bonchev–Trinajstić information content (AvgIpc) is 3.51. The maximum absolute atomic E-state index is 13.5. The van der Waals surface area contributed by atoms with Gasteiger partial charge in [-0.25, -0.2) is 4.98 Å². The van der Waals surface area contributed by atoms with Crippen LogP contribution in [0.1, 0.15) is 83.2 Å². The molecular formula is C45H48F3N9O5. The maximum Gasteiger partial charge on any atom is 0.417 e. The fourth-order valence-corrected chi connectivity index (χ4v) is 10.3. The highest BCUT2D eigenvalue weighted by Gasteiger charge is 2.47. The fourth-order valence-electron chi connectivity index (χ4n) is 10.3. The summed E-state index contributed by atoms with van der Waals surface area (Å²) in [7, 11) is 0. The minimum Gasteiger partial charge on any atom is -0.371 e. The van der Waals surface area contributed by atoms with E-state index in [0.717, 1.165) is 93.8 Å². The molecule has 7 heterocycles. The van der Waals surface area contributed by atoms with Crippen LogP contribution < -0.4 is 25.3 Å². The Kier molecular flexibility index (Phi) is 10.9. The van der Waals surface area contributed by atoms with Crippen LogP contribution in [0.25, 0.3) is 0 Å². The van der Waals surface area contributed by atoms with Gasteiger partial charge in [-0.3, -0.25) is 34.2 Å². The van der Waals surface area contributed by atoms with E-state index >= 15 is 0 Å². The van der Waals surface area contributed by atoms with Crippen LogP contribution in [-0.2, 0) is 20.6 Å². The number of pyridine rings is 1. The number of benzene rings is 2. The van der Waals surface area contributed by atoms with Crippen LogP contribution in [0, 0.1) is 28.6 Å². The van der Waals surface area contributed by atoms with Crippen LogP contribution in [0.5, 0.6) is 0 Å². The molecule has 0 aliphatic carbocycles. The number of imide groups is 2. The summed E-state index contributed by atoms with van der Waals surface area (Å²) < 4.78 is 40.4. The number of likely N-dealkylation sites (tertiary alicyclic amines) is 1. The van der Waals surface area contributed by atoms with Gasteiger partial charge >= 0.3 is 6.18 Å². The third-order valence-corrected chi connectivity index (χ3v) is 13.9. The highest BCUT2D eigenvalue weighted by atomic mass is 19.4. The van der Waals surface area contributed by atoms with E-state index in [1.807, 2.05) is 23.1 Å². The second-order valence-electron chi connectivity index (χ2n) is 17.8. The van der Waals surface area contributed by atoms with Crippen molar-refractivity contribution >= 4 is 52.4 Å². The van der Waals surface area contributed by atoms with Crippen LogP contribution in [0.15, 0.2) is 54.7 Å². The number of nitrogens with zero attached hydrogens (tertiary/aromatic N) is 7. The largest absolute Gasteiger partial charge is 0.417 e. The van der Waals surface area contributed by atoms with Gasteiger partial charge in [-0.1, -0.05) is 0 Å². The second-order valence-corrected chi connectivity index (χ2v) is 17.8. The first-order valence-corrected chi connectivity index (χ1v) is 21.5. The Morgan fingerprint density at radius 3 is 2.10 bits per heavy atom. The lowest BCUT2D eigenvalue weighted by atomic mass is 9.71. The molecule has 17 heteroatoms. The molecule has 3 aromatic rings. The van der Waals surface area contributed by atoms with Crippen molar-refractivity contribution in [2.75, 3.05) is 78.9 Å². The molecule has 2 N–H and O–H groups in total. The Labute approximate surface area is 357 Å². The topological polar surface area (TPSA) is 162 Å². The number of rotatable bonds is 8. The number of hydrogen-bond acceptors (Lipinski definition) is 11. The highest BCUT2D eigenvalue weighted by Crippen LogP contribution is 2.43. The molecule has 6 aliphatic heterocycles. The van der Waals surface area contributed by atoms with Gasteiger partial charge in [0.15, 0.2) is 0 Å². The van der Waals surface area contributed by atoms with Crippen LogP contribution in [0.3, 0.4) is 0 Å². The van der Waals surface area contributed by atoms with Crippen molar-refractivity contribution in [3.05, 3.63) is 77.0 Å². The normalized spacial score (nSPS) is 22.4. The van der Waals surface area contributed by atoms with Gasteiger partial charge in [0.25, 0.3) is 11.8 Å². The molecule has 5 fully saturated rings. The van der Waals surface area contributed by atoms with E-state index in [1.165, 1.54) is 12.1 Å². The summed E-state index contributed by atoms with van der Waals surface area (Å²) >= 11 is 0. The molecule has 1 aromatic heterocycles. The summed E-state index contributed by atoms with van der Waals surface area (Å²) in [6.45, 7) is 7.65. The molecule has 324 valence electrons. The van der Waals surface area contributed by atoms with Crippen molar-refractivity contribution < 1.29 is 37.1 Å². The molecule has 9 rings (SSSR count). The van der Waals surface area contributed by atoms with Gasteiger partial charge in [-0.15, -0.1) is 0 Å². The van der Waals surface area contributed by atoms with Crippen molar-refractivity contribution in [3.63, 3.8) is 0 Å². The zero-order valence-electron chi connectivity index (χ0n) is 34.3. The predicted molar refractivity (Wildman–Crippen MR) is 222 cm³/mol. The third kappa shape index (κ3) is 8.07. The van der Waals surface area contributed by atoms with E-state index in [4.69, 9.17) is 5.26 Å². The molecule has 1 spiro atoms. The van der Waals surface area contributed by atoms with E-state index in [0.29, 0.717) is 59.9 Å². The van der Waals surface area contributed by atoms with Gasteiger partial charge in [0.05, 0.1) is 40.2 Å². The van der Waals surface area contributed by atoms with E-state index < -0.39 is 47.0 Å². The van der Waals surface area contributed by atoms with Crippen LogP contribution in [0.4, 0.5) is 36.1 Å². The van der Waals surface area contributed by atoms with Gasteiger partial charge in [-0.2, -0.15) is 18.4 Å². The Balaban J connectivity index is 0.690. The number of alkyl halides is 3. The summed E-state index contributed by atoms with van der Waals surface area (Å²) in [5.74, 6) is -1.36. The number of halogens is 3. The fraction of sp³-hybridized carbons (Fsp3) is 0.489. The SMILES string of the molecule is N#Cc1ccc(N2CCC(C(=O)Nc3ccc(N4CCC(CN5CC6(CCN(c7ccc8c(c7)C(=O)N(C7CCC(=O)NC7=O)C8=O)CC6)C5)CC4)cn3)CC2)cc1C(F)(F)F. The molecule has 0 radical (unpaired) electrons. The van der Waals surface area contributed by atoms with Gasteiger partial charge in [-0.05, 0) is 105 Å². The summed E-state index contributed by atoms with van der Waals surface area (Å²) in [5.41, 5.74) is 1.83. The minimum atomic E-state index is -4.62. The molecule has 0 bridgehead atoms. The van der Waals surface area contributed by atoms with Crippen molar-refractivity contribution in [1.82, 2.24) is 20.1 Å². The summed E-state index contributed by atoms with van der Waals surface area (Å²) in [5, 5.41) is 14.3. The minimum absolute atomic E-state index is 0.0854. The molecule has 2 aromatic carbocycles. The molecule has 5 amide bonds. The van der Waals surface area contributed by atoms with Crippen molar-refractivity contribution in [2.24, 2.45) is 17.3 Å². The molecule has 5 saturated heterocycles. The number of hydrogen-bond donors (Lipinski definition) is 2. The predicted octanol–water partition coefficient (Wildman–Crippen LogP) is 5.05. The van der Waals surface area contributed by atoms with Gasteiger partial charge in [0.1, 0.15) is 11.9 Å². The lowest BCUT2D eigenvalue weighted by Crippen LogP contribution is -2.61. The van der Waals surface area contributed by atoms with E-state index in [1.54, 1.807) is 24.4 Å². The van der Waals surface area contributed by atoms with Crippen LogP contribution in [-0.4, -0.2) is 109 Å². The zero-order valence-corrected chi connectivity index (χ0v) is 34.3. The van der Waals surface area contributed by atoms with Crippen LogP contribution in [0.2, 0.25) is 0 Å². The lowest BCUT2D eigenvalue weighted by molar-refractivity contribution is -0.138. The van der Waals surface area contributed by atoms with Crippen molar-refractivity contribution in [2.45, 2.75) is 63.6 Å². The number of piperidine rings is 4. The summed E-state index contributed by atoms with van der Waals surface area (Å²) in [4.78, 5) is 78.2. The molecule has 14 nitrogen and oxygen atoms in total. The number of nitriles is 1.